The molecule has 2 aliphatic rings. The summed E-state index contributed by atoms with van der Waals surface area (Å²) < 4.78 is 23.2. The van der Waals surface area contributed by atoms with Gasteiger partial charge in [-0.3, -0.25) is 9.13 Å². The molecule has 0 unspecified atom stereocenters. The third-order valence-corrected chi connectivity index (χ3v) is 9.88. The number of hydrogen-bond donors (Lipinski definition) is 4. The van der Waals surface area contributed by atoms with Crippen LogP contribution in [0.5, 0.6) is 0 Å². The summed E-state index contributed by atoms with van der Waals surface area (Å²) in [6.07, 6.45) is 7.26. The van der Waals surface area contributed by atoms with E-state index >= 15 is 0 Å². The maximum Gasteiger partial charge on any atom is 0.325 e. The first-order chi connectivity index (χ1) is 16.7. The van der Waals surface area contributed by atoms with Crippen molar-refractivity contribution in [2.24, 2.45) is 5.41 Å². The average molecular weight is 550 g/mol. The number of fused-ring (bicyclic) bond motifs is 2. The van der Waals surface area contributed by atoms with Gasteiger partial charge in [-0.15, -0.1) is 0 Å². The van der Waals surface area contributed by atoms with Crippen molar-refractivity contribution in [1.29, 1.82) is 0 Å². The second kappa shape index (κ2) is 9.92. The smallest absolute Gasteiger partial charge is 0.325 e. The highest BCUT2D eigenvalue weighted by Gasteiger charge is 2.35. The predicted octanol–water partition coefficient (Wildman–Crippen LogP) is 6.14. The first-order valence-electron chi connectivity index (χ1n) is 11.8. The van der Waals surface area contributed by atoms with E-state index in [1.54, 1.807) is 11.8 Å². The van der Waals surface area contributed by atoms with Crippen molar-refractivity contribution in [1.82, 2.24) is 0 Å². The van der Waals surface area contributed by atoms with E-state index in [2.05, 4.69) is 56.9 Å². The molecule has 0 aromatic heterocycles. The third kappa shape index (κ3) is 6.08. The second-order valence-corrected chi connectivity index (χ2v) is 14.6. The van der Waals surface area contributed by atoms with Crippen LogP contribution in [0.2, 0.25) is 0 Å². The quantitative estimate of drug-likeness (QED) is 0.240. The van der Waals surface area contributed by atoms with Crippen molar-refractivity contribution in [3.05, 3.63) is 70.8 Å². The Morgan fingerprint density at radius 2 is 1.14 bits per heavy atom. The molecular formula is C26H33NO6P2S. The summed E-state index contributed by atoms with van der Waals surface area (Å²) in [5.41, 5.74) is 6.17. The first-order valence-corrected chi connectivity index (χ1v) is 16.3. The van der Waals surface area contributed by atoms with Gasteiger partial charge in [0.1, 0.15) is 0 Å². The van der Waals surface area contributed by atoms with E-state index in [9.17, 15) is 28.7 Å². The highest BCUT2D eigenvalue weighted by molar-refractivity contribution is 7.99. The summed E-state index contributed by atoms with van der Waals surface area (Å²) in [4.78, 5) is 42.4. The number of allylic oxidation sites excluding steroid dienone is 2. The Balaban J connectivity index is 1.75. The van der Waals surface area contributed by atoms with Crippen LogP contribution in [0.1, 0.15) is 35.1 Å². The molecule has 1 aliphatic carbocycles. The summed E-state index contributed by atoms with van der Waals surface area (Å²) >= 11 is 1.75. The van der Waals surface area contributed by atoms with E-state index in [1.165, 1.54) is 22.3 Å². The summed E-state index contributed by atoms with van der Waals surface area (Å²) in [6.45, 7) is 8.40. The Bertz CT molecular complexity index is 1240. The molecule has 7 nitrogen and oxygen atoms in total. The maximum absolute atomic E-state index is 11.6. The molecule has 2 aromatic carbocycles. The summed E-state index contributed by atoms with van der Waals surface area (Å²) in [5, 5.41) is 0. The zero-order valence-corrected chi connectivity index (χ0v) is 23.5. The van der Waals surface area contributed by atoms with Gasteiger partial charge in [0.25, 0.3) is 0 Å². The number of anilines is 2. The lowest BCUT2D eigenvalue weighted by atomic mass is 9.78. The number of benzene rings is 2. The van der Waals surface area contributed by atoms with Crippen molar-refractivity contribution in [3.63, 3.8) is 0 Å². The zero-order chi connectivity index (χ0) is 26.5. The van der Waals surface area contributed by atoms with Crippen LogP contribution in [0.15, 0.2) is 58.4 Å². The molecule has 10 heteroatoms. The van der Waals surface area contributed by atoms with Gasteiger partial charge in [-0.05, 0) is 87.1 Å². The minimum Gasteiger partial charge on any atom is -0.329 e. The van der Waals surface area contributed by atoms with E-state index in [0.717, 1.165) is 21.2 Å². The average Bonchev–Trinajstić information content (AvgIpc) is 2.77. The monoisotopic (exact) mass is 549 g/mol. The summed E-state index contributed by atoms with van der Waals surface area (Å²) in [6, 6.07) is 8.65. The molecule has 0 atom stereocenters. The molecule has 0 bridgehead atoms. The number of hydrogen-bond acceptors (Lipinski definition) is 4. The summed E-state index contributed by atoms with van der Waals surface area (Å²) in [7, 11) is -8.53. The van der Waals surface area contributed by atoms with Gasteiger partial charge in [-0.2, -0.15) is 0 Å². The highest BCUT2D eigenvalue weighted by Crippen LogP contribution is 2.52. The van der Waals surface area contributed by atoms with Crippen molar-refractivity contribution in [3.8, 4) is 0 Å². The van der Waals surface area contributed by atoms with Gasteiger partial charge in [0.15, 0.2) is 0 Å². The molecule has 0 fully saturated rings. The Kier molecular flexibility index (Phi) is 7.55. The van der Waals surface area contributed by atoms with Crippen molar-refractivity contribution >= 4 is 38.3 Å². The van der Waals surface area contributed by atoms with Gasteiger partial charge in [-0.1, -0.05) is 36.1 Å². The molecular weight excluding hydrogens is 516 g/mol. The first kappa shape index (κ1) is 27.4. The number of rotatable bonds is 7. The molecule has 1 heterocycles. The van der Waals surface area contributed by atoms with Crippen LogP contribution in [-0.2, 0) is 9.13 Å². The highest BCUT2D eigenvalue weighted by atomic mass is 32.2. The lowest BCUT2D eigenvalue weighted by Crippen LogP contribution is -2.34. The lowest BCUT2D eigenvalue weighted by molar-refractivity contribution is 0.347. The van der Waals surface area contributed by atoms with E-state index < -0.39 is 20.6 Å². The largest absolute Gasteiger partial charge is 0.329 e. The zero-order valence-electron chi connectivity index (χ0n) is 20.9. The second-order valence-electron chi connectivity index (χ2n) is 10.00. The molecule has 0 saturated carbocycles. The molecule has 2 aromatic rings. The fourth-order valence-corrected chi connectivity index (χ4v) is 7.34. The fourth-order valence-electron chi connectivity index (χ4n) is 4.70. The number of aryl methyl sites for hydroxylation is 4. The molecule has 194 valence electrons. The summed E-state index contributed by atoms with van der Waals surface area (Å²) in [5.74, 6) is 0. The lowest BCUT2D eigenvalue weighted by Gasteiger charge is -2.40. The van der Waals surface area contributed by atoms with Crippen LogP contribution >= 0.6 is 27.0 Å². The van der Waals surface area contributed by atoms with Gasteiger partial charge in [0, 0.05) is 15.2 Å². The Morgan fingerprint density at radius 1 is 0.750 bits per heavy atom. The Labute approximate surface area is 216 Å². The molecule has 4 N–H and O–H groups in total. The maximum atomic E-state index is 11.6. The van der Waals surface area contributed by atoms with Gasteiger partial charge >= 0.3 is 15.2 Å². The minimum absolute atomic E-state index is 0.108. The van der Waals surface area contributed by atoms with Crippen LogP contribution in [0.25, 0.3) is 0 Å². The van der Waals surface area contributed by atoms with Crippen molar-refractivity contribution in [2.75, 3.05) is 17.2 Å². The van der Waals surface area contributed by atoms with Crippen LogP contribution in [-0.4, -0.2) is 37.9 Å². The van der Waals surface area contributed by atoms with Crippen LogP contribution in [0.4, 0.5) is 11.4 Å². The van der Waals surface area contributed by atoms with Crippen molar-refractivity contribution < 1.29 is 28.7 Å². The van der Waals surface area contributed by atoms with Gasteiger partial charge in [0.05, 0.1) is 29.7 Å². The van der Waals surface area contributed by atoms with E-state index in [-0.39, 0.29) is 31.2 Å². The predicted molar refractivity (Wildman–Crippen MR) is 146 cm³/mol. The molecule has 0 saturated heterocycles. The molecule has 1 aliphatic heterocycles. The van der Waals surface area contributed by atoms with Gasteiger partial charge in [0.2, 0.25) is 0 Å². The molecule has 0 amide bonds. The topological polar surface area (TPSA) is 118 Å². The fraction of sp³-hybridized carbons (Fsp3) is 0.385. The van der Waals surface area contributed by atoms with Crippen LogP contribution < -0.4 is 4.90 Å². The normalized spacial score (nSPS) is 17.3. The SMILES string of the molecule is Cc1cc2c(cc1C)N(C1C=CC(CCP(=O)(O)O)(CCP(=O)(O)O)C=C1)c1cc(C)c(C)cc1S2. The Hall–Kier alpha value is -1.63. The van der Waals surface area contributed by atoms with Crippen LogP contribution in [0.3, 0.4) is 0 Å². The molecule has 36 heavy (non-hydrogen) atoms. The standard InChI is InChI=1S/C26H33NO6P2S/c1-17-13-22-24(15-19(17)3)36-25-16-20(4)18(2)14-23(25)27(22)21-5-7-26(8-6-21,9-11-34(28,29)30)10-12-35(31,32)33/h5-8,13-16,21H,9-12H2,1-4H3,(H2,28,29,30)(H2,31,32,33). The van der Waals surface area contributed by atoms with Crippen molar-refractivity contribution in [2.45, 2.75) is 56.4 Å². The molecule has 0 radical (unpaired) electrons. The van der Waals surface area contributed by atoms with E-state index in [0.29, 0.717) is 0 Å². The van der Waals surface area contributed by atoms with E-state index in [4.69, 9.17) is 0 Å². The molecule has 4 rings (SSSR count). The Morgan fingerprint density at radius 3 is 1.53 bits per heavy atom. The minimum atomic E-state index is -4.26. The van der Waals surface area contributed by atoms with Gasteiger partial charge < -0.3 is 24.5 Å². The molecule has 0 spiro atoms. The van der Waals surface area contributed by atoms with Crippen LogP contribution in [0, 0.1) is 33.1 Å². The third-order valence-electron chi connectivity index (χ3n) is 7.18. The van der Waals surface area contributed by atoms with E-state index in [1.807, 2.05) is 24.3 Å². The number of nitrogens with zero attached hydrogens (tertiary/aromatic N) is 1. The van der Waals surface area contributed by atoms with Gasteiger partial charge in [-0.25, -0.2) is 0 Å².